The Hall–Kier alpha value is -1.81. The third kappa shape index (κ3) is 1.97. The van der Waals surface area contributed by atoms with Gasteiger partial charge in [-0.25, -0.2) is 4.79 Å². The van der Waals surface area contributed by atoms with Crippen LogP contribution < -0.4 is 10.4 Å². The van der Waals surface area contributed by atoms with E-state index in [-0.39, 0.29) is 0 Å². The summed E-state index contributed by atoms with van der Waals surface area (Å²) in [6.07, 6.45) is 4.37. The van der Waals surface area contributed by atoms with Crippen molar-refractivity contribution in [2.75, 3.05) is 13.1 Å². The molecule has 4 rings (SSSR count). The van der Waals surface area contributed by atoms with Crippen molar-refractivity contribution in [1.82, 2.24) is 4.90 Å². The summed E-state index contributed by atoms with van der Waals surface area (Å²) in [4.78, 5) is 12.5. The molecule has 1 heterocycles. The van der Waals surface area contributed by atoms with Gasteiger partial charge in [-0.1, -0.05) is 23.8 Å². The summed E-state index contributed by atoms with van der Waals surface area (Å²) in [5.41, 5.74) is 3.26. The number of carboxylic acid groups (broad SMARTS) is 1. The lowest BCUT2D eigenvalue weighted by molar-refractivity contribution is 0.0268. The maximum Gasteiger partial charge on any atom is 0.407 e. The van der Waals surface area contributed by atoms with Crippen LogP contribution in [0.2, 0.25) is 0 Å². The first kappa shape index (κ1) is 13.8. The van der Waals surface area contributed by atoms with Gasteiger partial charge < -0.3 is 15.1 Å². The van der Waals surface area contributed by atoms with Crippen LogP contribution in [0.5, 0.6) is 0 Å². The monoisotopic (exact) mass is 299 g/mol. The van der Waals surface area contributed by atoms with Crippen LogP contribution in [0.4, 0.5) is 4.79 Å². The Balaban J connectivity index is 1.79. The summed E-state index contributed by atoms with van der Waals surface area (Å²) in [6, 6.07) is 6.43. The molecule has 0 aromatic heterocycles. The molecule has 0 radical (unpaired) electrons. The van der Waals surface area contributed by atoms with Gasteiger partial charge in [0.1, 0.15) is 0 Å². The molecule has 116 valence electrons. The van der Waals surface area contributed by atoms with Crippen molar-refractivity contribution in [3.63, 3.8) is 0 Å². The Morgan fingerprint density at radius 3 is 2.55 bits per heavy atom. The van der Waals surface area contributed by atoms with Gasteiger partial charge in [0.25, 0.3) is 0 Å². The Kier molecular flexibility index (Phi) is 3.05. The number of carbonyl (C=O) groups is 1. The number of amides is 1. The number of rotatable bonds is 1. The normalized spacial score (nSPS) is 22.7. The van der Waals surface area contributed by atoms with Crippen molar-refractivity contribution in [2.24, 2.45) is 0 Å². The number of hydrogen-bond acceptors (Lipinski definition) is 2. The van der Waals surface area contributed by atoms with Crippen molar-refractivity contribution in [1.29, 1.82) is 0 Å². The maximum atomic E-state index is 11.2. The van der Waals surface area contributed by atoms with Crippen molar-refractivity contribution in [3.8, 4) is 0 Å². The summed E-state index contributed by atoms with van der Waals surface area (Å²) < 4.78 is 0. The van der Waals surface area contributed by atoms with Crippen LogP contribution in [-0.2, 0) is 6.42 Å². The molecule has 4 heteroatoms. The topological polar surface area (TPSA) is 60.8 Å². The lowest BCUT2D eigenvalue weighted by Crippen LogP contribution is -2.50. The van der Waals surface area contributed by atoms with Crippen LogP contribution in [0, 0.1) is 0 Å². The van der Waals surface area contributed by atoms with E-state index >= 15 is 0 Å². The highest BCUT2D eigenvalue weighted by atomic mass is 16.4. The van der Waals surface area contributed by atoms with Crippen LogP contribution in [0.25, 0.3) is 11.1 Å². The van der Waals surface area contributed by atoms with Gasteiger partial charge in [-0.05, 0) is 60.1 Å². The molecule has 0 atom stereocenters. The minimum absolute atomic E-state index is 0.418. The standard InChI is InChI=1S/C18H21NO3/c20-17(21)19-10-8-18(22,9-11-19)15-7-6-13-5-4-12-2-1-3-14(15)16(12)13/h1-3,22H,4-11H2,(H,20,21). The fourth-order valence-electron chi connectivity index (χ4n) is 4.40. The van der Waals surface area contributed by atoms with Crippen LogP contribution >= 0.6 is 0 Å². The Morgan fingerprint density at radius 2 is 1.82 bits per heavy atom. The predicted octanol–water partition coefficient (Wildman–Crippen LogP) is 1.23. The molecular weight excluding hydrogens is 278 g/mol. The van der Waals surface area contributed by atoms with E-state index in [4.69, 9.17) is 5.11 Å². The number of nitrogens with zero attached hydrogens (tertiary/aromatic N) is 1. The molecule has 0 spiro atoms. The molecule has 1 aromatic rings. The highest BCUT2D eigenvalue weighted by molar-refractivity contribution is 5.68. The average molecular weight is 299 g/mol. The van der Waals surface area contributed by atoms with Crippen molar-refractivity contribution in [2.45, 2.75) is 44.1 Å². The lowest BCUT2D eigenvalue weighted by Gasteiger charge is -2.39. The van der Waals surface area contributed by atoms with Crippen molar-refractivity contribution < 1.29 is 15.0 Å². The maximum absolute atomic E-state index is 11.2. The van der Waals surface area contributed by atoms with Crippen LogP contribution in [-0.4, -0.2) is 39.9 Å². The van der Waals surface area contributed by atoms with Gasteiger partial charge >= 0.3 is 6.09 Å². The second-order valence-electron chi connectivity index (χ2n) is 6.72. The van der Waals surface area contributed by atoms with Gasteiger partial charge in [0, 0.05) is 13.1 Å². The van der Waals surface area contributed by atoms with E-state index in [2.05, 4.69) is 18.2 Å². The average Bonchev–Trinajstić information content (AvgIpc) is 2.93. The van der Waals surface area contributed by atoms with Crippen molar-refractivity contribution >= 4 is 17.2 Å². The second kappa shape index (κ2) is 4.85. The smallest absolute Gasteiger partial charge is 0.407 e. The first-order chi connectivity index (χ1) is 10.6. The van der Waals surface area contributed by atoms with Gasteiger partial charge in [-0.3, -0.25) is 0 Å². The lowest BCUT2D eigenvalue weighted by atomic mass is 9.78. The summed E-state index contributed by atoms with van der Waals surface area (Å²) in [5.74, 6) is 0. The zero-order valence-electron chi connectivity index (χ0n) is 12.6. The minimum Gasteiger partial charge on any atom is -0.465 e. The second-order valence-corrected chi connectivity index (χ2v) is 6.72. The fraction of sp³-hybridized carbons (Fsp3) is 0.500. The van der Waals surface area contributed by atoms with Gasteiger partial charge in [0.05, 0.1) is 5.60 Å². The number of aliphatic hydroxyl groups is 1. The molecule has 1 aliphatic heterocycles. The van der Waals surface area contributed by atoms with Gasteiger partial charge in [0.15, 0.2) is 0 Å². The molecule has 4 nitrogen and oxygen atoms in total. The van der Waals surface area contributed by atoms with Crippen LogP contribution in [0.15, 0.2) is 18.2 Å². The van der Waals surface area contributed by atoms with E-state index in [1.807, 2.05) is 0 Å². The zero-order valence-corrected chi connectivity index (χ0v) is 12.6. The van der Waals surface area contributed by atoms with E-state index in [1.54, 1.807) is 5.57 Å². The van der Waals surface area contributed by atoms with Crippen molar-refractivity contribution in [3.05, 3.63) is 34.2 Å². The molecular formula is C18H21NO3. The fourth-order valence-corrected chi connectivity index (χ4v) is 4.40. The van der Waals surface area contributed by atoms with E-state index in [0.717, 1.165) is 31.3 Å². The summed E-state index contributed by atoms with van der Waals surface area (Å²) in [5, 5.41) is 22.9. The Labute approximate surface area is 129 Å². The molecule has 2 N–H and O–H groups in total. The molecule has 0 saturated carbocycles. The van der Waals surface area contributed by atoms with Gasteiger partial charge in [0.2, 0.25) is 0 Å². The van der Waals surface area contributed by atoms with Crippen LogP contribution in [0.3, 0.4) is 0 Å². The number of benzene rings is 1. The minimum atomic E-state index is -0.882. The summed E-state index contributed by atoms with van der Waals surface area (Å²) >= 11 is 0. The van der Waals surface area contributed by atoms with Gasteiger partial charge in [-0.2, -0.15) is 0 Å². The number of hydrogen-bond donors (Lipinski definition) is 2. The van der Waals surface area contributed by atoms with Gasteiger partial charge in [-0.15, -0.1) is 0 Å². The predicted molar refractivity (Wildman–Crippen MR) is 83.8 cm³/mol. The van der Waals surface area contributed by atoms with E-state index < -0.39 is 11.7 Å². The third-order valence-corrected chi connectivity index (χ3v) is 5.63. The molecule has 3 aliphatic rings. The molecule has 1 fully saturated rings. The van der Waals surface area contributed by atoms with E-state index in [9.17, 15) is 9.90 Å². The highest BCUT2D eigenvalue weighted by Crippen LogP contribution is 2.35. The molecule has 0 unspecified atom stereocenters. The molecule has 0 bridgehead atoms. The zero-order chi connectivity index (χ0) is 15.3. The first-order valence-electron chi connectivity index (χ1n) is 8.12. The number of aryl methyl sites for hydroxylation is 1. The van der Waals surface area contributed by atoms with E-state index in [1.165, 1.54) is 20.9 Å². The Bertz CT molecular complexity index is 757. The Morgan fingerprint density at radius 1 is 1.09 bits per heavy atom. The molecule has 1 saturated heterocycles. The largest absolute Gasteiger partial charge is 0.465 e. The SMILES string of the molecule is O=C(O)N1CCC(O)(C2=c3cccc4c3=C(CC2)CC4)CC1. The molecule has 22 heavy (non-hydrogen) atoms. The molecule has 1 aromatic carbocycles. The quantitative estimate of drug-likeness (QED) is 0.820. The summed E-state index contributed by atoms with van der Waals surface area (Å²) in [7, 11) is 0. The summed E-state index contributed by atoms with van der Waals surface area (Å²) in [6.45, 7) is 0.835. The first-order valence-corrected chi connectivity index (χ1v) is 8.12. The molecule has 1 amide bonds. The molecule has 2 aliphatic carbocycles. The number of likely N-dealkylation sites (tertiary alicyclic amines) is 1. The van der Waals surface area contributed by atoms with E-state index in [0.29, 0.717) is 25.9 Å². The number of piperidine rings is 1. The third-order valence-electron chi connectivity index (χ3n) is 5.63. The van der Waals surface area contributed by atoms with Crippen LogP contribution in [0.1, 0.15) is 37.7 Å². The highest BCUT2D eigenvalue weighted by Gasteiger charge is 2.38.